The molecule has 0 aliphatic carbocycles. The van der Waals surface area contributed by atoms with E-state index >= 15 is 0 Å². The molecule has 1 unspecified atom stereocenters. The van der Waals surface area contributed by atoms with Gasteiger partial charge in [-0.25, -0.2) is 0 Å². The van der Waals surface area contributed by atoms with Gasteiger partial charge in [-0.05, 0) is 44.0 Å². The molecule has 0 amide bonds. The van der Waals surface area contributed by atoms with Crippen LogP contribution in [0.25, 0.3) is 0 Å². The van der Waals surface area contributed by atoms with Crippen LogP contribution in [0.5, 0.6) is 0 Å². The number of nitrogens with one attached hydrogen (secondary N) is 1. The standard InChI is InChI=1S/C15H24N2.2ClH/c1-2-17(12-14-7-4-3-5-8-14)13-15-9-6-10-16-11-15;;/h3-5,7-8,15-16H,2,6,9-13H2,1H3;2*1H. The van der Waals surface area contributed by atoms with Crippen molar-refractivity contribution in [2.45, 2.75) is 26.3 Å². The number of piperidine rings is 1. The number of hydrogen-bond donors (Lipinski definition) is 1. The Morgan fingerprint density at radius 1 is 1.21 bits per heavy atom. The molecule has 0 radical (unpaired) electrons. The van der Waals surface area contributed by atoms with Crippen LogP contribution in [0.1, 0.15) is 25.3 Å². The van der Waals surface area contributed by atoms with Gasteiger partial charge < -0.3 is 5.32 Å². The molecular weight excluding hydrogens is 279 g/mol. The van der Waals surface area contributed by atoms with Crippen molar-refractivity contribution in [2.75, 3.05) is 26.2 Å². The maximum absolute atomic E-state index is 3.50. The number of benzene rings is 1. The molecule has 1 heterocycles. The Morgan fingerprint density at radius 2 is 1.95 bits per heavy atom. The lowest BCUT2D eigenvalue weighted by Gasteiger charge is -2.29. The fraction of sp³-hybridized carbons (Fsp3) is 0.600. The van der Waals surface area contributed by atoms with Crippen molar-refractivity contribution in [3.05, 3.63) is 35.9 Å². The van der Waals surface area contributed by atoms with Gasteiger partial charge in [-0.1, -0.05) is 37.3 Å². The smallest absolute Gasteiger partial charge is 0.0233 e. The lowest BCUT2D eigenvalue weighted by molar-refractivity contribution is 0.209. The summed E-state index contributed by atoms with van der Waals surface area (Å²) in [5, 5.41) is 3.50. The van der Waals surface area contributed by atoms with E-state index in [1.807, 2.05) is 0 Å². The van der Waals surface area contributed by atoms with E-state index in [1.54, 1.807) is 0 Å². The second kappa shape index (κ2) is 10.5. The third kappa shape index (κ3) is 6.62. The highest BCUT2D eigenvalue weighted by Gasteiger charge is 2.16. The van der Waals surface area contributed by atoms with Gasteiger partial charge in [0.1, 0.15) is 0 Å². The molecule has 0 saturated carbocycles. The van der Waals surface area contributed by atoms with Crippen LogP contribution in [0.2, 0.25) is 0 Å². The molecule has 1 fully saturated rings. The molecule has 1 N–H and O–H groups in total. The van der Waals surface area contributed by atoms with Crippen LogP contribution in [0.15, 0.2) is 30.3 Å². The Bertz CT molecular complexity index is 313. The van der Waals surface area contributed by atoms with Gasteiger partial charge in [-0.15, -0.1) is 24.8 Å². The molecule has 0 bridgehead atoms. The van der Waals surface area contributed by atoms with Crippen molar-refractivity contribution in [1.82, 2.24) is 10.2 Å². The Morgan fingerprint density at radius 3 is 2.53 bits per heavy atom. The topological polar surface area (TPSA) is 15.3 Å². The molecule has 2 nitrogen and oxygen atoms in total. The quantitative estimate of drug-likeness (QED) is 0.897. The van der Waals surface area contributed by atoms with E-state index in [-0.39, 0.29) is 24.8 Å². The summed E-state index contributed by atoms with van der Waals surface area (Å²) in [6.45, 7) is 8.14. The summed E-state index contributed by atoms with van der Waals surface area (Å²) < 4.78 is 0. The third-order valence-electron chi connectivity index (χ3n) is 3.61. The van der Waals surface area contributed by atoms with Gasteiger partial charge in [0.15, 0.2) is 0 Å². The zero-order chi connectivity index (χ0) is 11.9. The maximum atomic E-state index is 3.50. The summed E-state index contributed by atoms with van der Waals surface area (Å²) in [5.74, 6) is 0.840. The summed E-state index contributed by atoms with van der Waals surface area (Å²) in [7, 11) is 0. The van der Waals surface area contributed by atoms with Gasteiger partial charge in [0, 0.05) is 13.1 Å². The van der Waals surface area contributed by atoms with E-state index in [2.05, 4.69) is 47.5 Å². The molecule has 2 rings (SSSR count). The van der Waals surface area contributed by atoms with Crippen molar-refractivity contribution >= 4 is 24.8 Å². The number of rotatable bonds is 5. The summed E-state index contributed by atoms with van der Waals surface area (Å²) in [6.07, 6.45) is 2.73. The van der Waals surface area contributed by atoms with Gasteiger partial charge in [-0.2, -0.15) is 0 Å². The largest absolute Gasteiger partial charge is 0.316 e. The van der Waals surface area contributed by atoms with Crippen molar-refractivity contribution in [3.63, 3.8) is 0 Å². The zero-order valence-electron chi connectivity index (χ0n) is 11.7. The van der Waals surface area contributed by atoms with Crippen LogP contribution >= 0.6 is 24.8 Å². The van der Waals surface area contributed by atoms with Crippen LogP contribution in [-0.4, -0.2) is 31.1 Å². The molecule has 4 heteroatoms. The predicted octanol–water partition coefficient (Wildman–Crippen LogP) is 3.35. The molecule has 19 heavy (non-hydrogen) atoms. The lowest BCUT2D eigenvalue weighted by Crippen LogP contribution is -2.38. The molecule has 1 aliphatic heterocycles. The van der Waals surface area contributed by atoms with E-state index in [9.17, 15) is 0 Å². The van der Waals surface area contributed by atoms with Gasteiger partial charge in [0.05, 0.1) is 0 Å². The second-order valence-electron chi connectivity index (χ2n) is 5.03. The first-order chi connectivity index (χ1) is 8.38. The van der Waals surface area contributed by atoms with Gasteiger partial charge >= 0.3 is 0 Å². The minimum absolute atomic E-state index is 0. The SMILES string of the molecule is CCN(Cc1ccccc1)CC1CCCNC1.Cl.Cl. The summed E-state index contributed by atoms with van der Waals surface area (Å²) in [5.41, 5.74) is 1.43. The molecule has 0 aromatic heterocycles. The Labute approximate surface area is 129 Å². The summed E-state index contributed by atoms with van der Waals surface area (Å²) in [6, 6.07) is 10.8. The average molecular weight is 305 g/mol. The fourth-order valence-electron chi connectivity index (χ4n) is 2.59. The van der Waals surface area contributed by atoms with Crippen LogP contribution in [0.4, 0.5) is 0 Å². The molecular formula is C15H26Cl2N2. The first kappa shape index (κ1) is 18.7. The Balaban J connectivity index is 0.00000162. The van der Waals surface area contributed by atoms with Crippen LogP contribution in [-0.2, 0) is 6.54 Å². The average Bonchev–Trinajstić information content (AvgIpc) is 2.40. The summed E-state index contributed by atoms with van der Waals surface area (Å²) >= 11 is 0. The van der Waals surface area contributed by atoms with Crippen LogP contribution < -0.4 is 5.32 Å². The minimum atomic E-state index is 0. The third-order valence-corrected chi connectivity index (χ3v) is 3.61. The summed E-state index contributed by atoms with van der Waals surface area (Å²) in [4.78, 5) is 2.56. The van der Waals surface area contributed by atoms with E-state index in [0.717, 1.165) is 19.0 Å². The molecule has 1 aromatic rings. The highest BCUT2D eigenvalue weighted by atomic mass is 35.5. The van der Waals surface area contributed by atoms with Gasteiger partial charge in [-0.3, -0.25) is 4.90 Å². The predicted molar refractivity (Wildman–Crippen MR) is 87.5 cm³/mol. The van der Waals surface area contributed by atoms with Crippen molar-refractivity contribution in [2.24, 2.45) is 5.92 Å². The number of nitrogens with zero attached hydrogens (tertiary/aromatic N) is 1. The van der Waals surface area contributed by atoms with Crippen molar-refractivity contribution < 1.29 is 0 Å². The highest BCUT2D eigenvalue weighted by molar-refractivity contribution is 5.85. The van der Waals surface area contributed by atoms with E-state index in [1.165, 1.54) is 38.0 Å². The van der Waals surface area contributed by atoms with Gasteiger partial charge in [0.2, 0.25) is 0 Å². The zero-order valence-corrected chi connectivity index (χ0v) is 13.3. The Hall–Kier alpha value is -0.280. The maximum Gasteiger partial charge on any atom is 0.0233 e. The fourth-order valence-corrected chi connectivity index (χ4v) is 2.59. The van der Waals surface area contributed by atoms with Crippen LogP contribution in [0.3, 0.4) is 0 Å². The molecule has 0 spiro atoms. The Kier molecular flexibility index (Phi) is 10.3. The molecule has 1 saturated heterocycles. The molecule has 1 aromatic carbocycles. The normalized spacial score (nSPS) is 18.5. The molecule has 1 atom stereocenters. The minimum Gasteiger partial charge on any atom is -0.316 e. The van der Waals surface area contributed by atoms with E-state index in [4.69, 9.17) is 0 Å². The van der Waals surface area contributed by atoms with Crippen molar-refractivity contribution in [1.29, 1.82) is 0 Å². The van der Waals surface area contributed by atoms with E-state index in [0.29, 0.717) is 0 Å². The van der Waals surface area contributed by atoms with Gasteiger partial charge in [0.25, 0.3) is 0 Å². The number of hydrogen-bond acceptors (Lipinski definition) is 2. The van der Waals surface area contributed by atoms with E-state index < -0.39 is 0 Å². The van der Waals surface area contributed by atoms with Crippen LogP contribution in [0, 0.1) is 5.92 Å². The second-order valence-corrected chi connectivity index (χ2v) is 5.03. The monoisotopic (exact) mass is 304 g/mol. The lowest BCUT2D eigenvalue weighted by atomic mass is 9.99. The first-order valence-corrected chi connectivity index (χ1v) is 6.85. The van der Waals surface area contributed by atoms with Crippen molar-refractivity contribution in [3.8, 4) is 0 Å². The highest BCUT2D eigenvalue weighted by Crippen LogP contribution is 2.13. The molecule has 1 aliphatic rings. The first-order valence-electron chi connectivity index (χ1n) is 6.85. The molecule has 110 valence electrons. The number of halogens is 2.